The molecule has 0 radical (unpaired) electrons. The molecule has 2 aliphatic rings. The predicted octanol–water partition coefficient (Wildman–Crippen LogP) is 15.6. The predicted molar refractivity (Wildman–Crippen MR) is 222 cm³/mol. The van der Waals surface area contributed by atoms with E-state index < -0.39 is 0 Å². The zero-order valence-electron chi connectivity index (χ0n) is 32.2. The molecule has 0 aliphatic heterocycles. The fourth-order valence-corrected chi connectivity index (χ4v) is 7.10. The van der Waals surface area contributed by atoms with Crippen molar-refractivity contribution in [2.45, 2.75) is 83.1 Å². The van der Waals surface area contributed by atoms with E-state index in [1.807, 2.05) is 107 Å². The summed E-state index contributed by atoms with van der Waals surface area (Å²) in [4.78, 5) is 26.5. The summed E-state index contributed by atoms with van der Waals surface area (Å²) in [5, 5.41) is 17.7. The third kappa shape index (κ3) is 9.58. The van der Waals surface area contributed by atoms with Gasteiger partial charge in [0.05, 0.1) is 43.2 Å². The highest BCUT2D eigenvalue weighted by Gasteiger charge is 2.35. The highest BCUT2D eigenvalue weighted by Crippen LogP contribution is 2.52. The van der Waals surface area contributed by atoms with Crippen LogP contribution in [0.25, 0.3) is 11.1 Å². The van der Waals surface area contributed by atoms with Crippen LogP contribution >= 0.6 is 58.0 Å². The second-order valence-electron chi connectivity index (χ2n) is 17.2. The van der Waals surface area contributed by atoms with E-state index in [4.69, 9.17) is 58.0 Å². The third-order valence-corrected chi connectivity index (χ3v) is 10.7. The molecule has 0 saturated carbocycles. The van der Waals surface area contributed by atoms with Crippen molar-refractivity contribution in [3.8, 4) is 11.1 Å². The molecule has 0 bridgehead atoms. The van der Waals surface area contributed by atoms with Gasteiger partial charge >= 0.3 is 0 Å². The van der Waals surface area contributed by atoms with Crippen molar-refractivity contribution in [1.82, 2.24) is 0 Å². The van der Waals surface area contributed by atoms with Gasteiger partial charge in [0, 0.05) is 33.4 Å². The molecule has 0 fully saturated rings. The molecule has 0 unspecified atom stereocenters. The van der Waals surface area contributed by atoms with Gasteiger partial charge in [-0.3, -0.25) is 9.59 Å². The minimum atomic E-state index is -0.374. The minimum Gasteiger partial charge on any atom is -0.289 e. The first-order valence-corrected chi connectivity index (χ1v) is 19.0. The summed E-state index contributed by atoms with van der Waals surface area (Å²) < 4.78 is 0. The topological polar surface area (TPSA) is 83.6 Å². The number of hydrogen-bond donors (Lipinski definition) is 0. The number of ketones is 2. The number of azo groups is 2. The van der Waals surface area contributed by atoms with E-state index in [1.165, 1.54) is 0 Å². The first-order valence-electron chi connectivity index (χ1n) is 17.1. The summed E-state index contributed by atoms with van der Waals surface area (Å²) in [6.07, 6.45) is 10.5. The quantitative estimate of drug-likeness (QED) is 0.222. The van der Waals surface area contributed by atoms with Crippen molar-refractivity contribution in [2.75, 3.05) is 0 Å². The van der Waals surface area contributed by atoms with Crippen LogP contribution in [0.5, 0.6) is 0 Å². The molecule has 4 rings (SSSR count). The van der Waals surface area contributed by atoms with E-state index in [0.717, 1.165) is 16.7 Å². The Balaban J connectivity index is 1.67. The average molecular weight is 815 g/mol. The molecular formula is C42H45Cl5N4O2. The number of carbonyl (C=O) groups is 2. The lowest BCUT2D eigenvalue weighted by Crippen LogP contribution is -2.27. The number of halogens is 5. The Morgan fingerprint density at radius 1 is 0.509 bits per heavy atom. The Bertz CT molecular complexity index is 2040. The fourth-order valence-electron chi connectivity index (χ4n) is 5.71. The lowest BCUT2D eigenvalue weighted by atomic mass is 9.72. The van der Waals surface area contributed by atoms with Gasteiger partial charge in [-0.1, -0.05) is 147 Å². The molecule has 0 aromatic heterocycles. The molecule has 0 atom stereocenters. The van der Waals surface area contributed by atoms with Crippen molar-refractivity contribution < 1.29 is 9.59 Å². The maximum atomic E-state index is 13.3. The van der Waals surface area contributed by atoms with Crippen molar-refractivity contribution >= 4 is 80.9 Å². The highest BCUT2D eigenvalue weighted by molar-refractivity contribution is 6.53. The van der Waals surface area contributed by atoms with Crippen LogP contribution in [-0.2, 0) is 9.59 Å². The molecule has 280 valence electrons. The van der Waals surface area contributed by atoms with Crippen molar-refractivity contribution in [3.05, 3.63) is 113 Å². The number of allylic oxidation sites excluding steroid dienone is 10. The van der Waals surface area contributed by atoms with E-state index in [-0.39, 0.29) is 64.0 Å². The summed E-state index contributed by atoms with van der Waals surface area (Å²) in [5.41, 5.74) is 4.20. The van der Waals surface area contributed by atoms with E-state index >= 15 is 0 Å². The lowest BCUT2D eigenvalue weighted by Gasteiger charge is -2.31. The summed E-state index contributed by atoms with van der Waals surface area (Å²) in [6.45, 7) is 24.1. The molecule has 0 N–H and O–H groups in total. The van der Waals surface area contributed by atoms with E-state index in [2.05, 4.69) is 20.5 Å². The van der Waals surface area contributed by atoms with Crippen LogP contribution in [0.3, 0.4) is 0 Å². The van der Waals surface area contributed by atoms with Crippen molar-refractivity contribution in [3.63, 3.8) is 0 Å². The largest absolute Gasteiger partial charge is 0.289 e. The summed E-state index contributed by atoms with van der Waals surface area (Å²) in [5.74, 6) is 0.0636. The minimum absolute atomic E-state index is 0.0175. The zero-order valence-corrected chi connectivity index (χ0v) is 36.0. The van der Waals surface area contributed by atoms with Crippen LogP contribution in [0.15, 0.2) is 109 Å². The van der Waals surface area contributed by atoms with Gasteiger partial charge in [0.25, 0.3) is 0 Å². The third-order valence-electron chi connectivity index (χ3n) is 8.66. The van der Waals surface area contributed by atoms with E-state index in [0.29, 0.717) is 33.5 Å². The fraction of sp³-hybridized carbons (Fsp3) is 0.381. The van der Waals surface area contributed by atoms with Gasteiger partial charge in [-0.25, -0.2) is 0 Å². The van der Waals surface area contributed by atoms with Gasteiger partial charge in [-0.15, -0.1) is 5.11 Å². The SMILES string of the molecule is CC(C)(C)C1=CC(=CN=Nc2ccc(-c3c(Cl)c(Cl)c(N=NC=C4C=C(C(C)(C)C)C(=O)C(C(C)(C)C)=C4)c(Cl)c3Cl)c(Cl)c2)C=C(C(C)(C)C)C1=O. The second kappa shape index (κ2) is 15.5. The van der Waals surface area contributed by atoms with Crippen molar-refractivity contribution in [1.29, 1.82) is 0 Å². The second-order valence-corrected chi connectivity index (χ2v) is 19.1. The average Bonchev–Trinajstić information content (AvgIpc) is 3.01. The highest BCUT2D eigenvalue weighted by atomic mass is 35.5. The lowest BCUT2D eigenvalue weighted by molar-refractivity contribution is -0.114. The molecule has 11 heteroatoms. The van der Waals surface area contributed by atoms with Crippen molar-refractivity contribution in [2.24, 2.45) is 42.1 Å². The van der Waals surface area contributed by atoms with Gasteiger partial charge < -0.3 is 0 Å². The van der Waals surface area contributed by atoms with Gasteiger partial charge in [0.2, 0.25) is 0 Å². The monoisotopic (exact) mass is 812 g/mol. The van der Waals surface area contributed by atoms with Crippen LogP contribution in [0.1, 0.15) is 83.1 Å². The zero-order chi connectivity index (χ0) is 40.0. The summed E-state index contributed by atoms with van der Waals surface area (Å²) in [6, 6.07) is 5.03. The van der Waals surface area contributed by atoms with Crippen LogP contribution in [0, 0.1) is 21.7 Å². The molecular weight excluding hydrogens is 770 g/mol. The van der Waals surface area contributed by atoms with E-state index in [1.54, 1.807) is 30.6 Å². The Labute approximate surface area is 338 Å². The molecule has 2 aliphatic carbocycles. The Hall–Kier alpha value is -3.13. The summed E-state index contributed by atoms with van der Waals surface area (Å²) in [7, 11) is 0. The molecule has 0 heterocycles. The molecule has 2 aromatic rings. The van der Waals surface area contributed by atoms with Crippen LogP contribution in [0.4, 0.5) is 11.4 Å². The van der Waals surface area contributed by atoms with Gasteiger partial charge in [-0.05, 0) is 69.2 Å². The van der Waals surface area contributed by atoms with Gasteiger partial charge in [-0.2, -0.15) is 15.3 Å². The molecule has 6 nitrogen and oxygen atoms in total. The normalized spacial score (nSPS) is 16.3. The Kier molecular flexibility index (Phi) is 12.5. The van der Waals surface area contributed by atoms with Gasteiger partial charge in [0.1, 0.15) is 5.69 Å². The number of carbonyl (C=O) groups excluding carboxylic acids is 2. The number of benzene rings is 2. The molecule has 0 amide bonds. The first-order chi connectivity index (χ1) is 24.2. The summed E-state index contributed by atoms with van der Waals surface area (Å²) >= 11 is 33.7. The number of rotatable bonds is 5. The van der Waals surface area contributed by atoms with Gasteiger partial charge in [0.15, 0.2) is 11.6 Å². The van der Waals surface area contributed by atoms with Crippen LogP contribution < -0.4 is 0 Å². The maximum Gasteiger partial charge on any atom is 0.186 e. The number of nitrogens with zero attached hydrogens (tertiary/aromatic N) is 4. The maximum absolute atomic E-state index is 13.3. The first kappa shape index (κ1) is 42.6. The standard InChI is InChI=1S/C42H45Cl5N4O2/c1-39(2,3)26-15-22(16-27(37(26)52)40(4,5)6)20-48-50-24-13-14-25(30(43)19-24)31-32(44)34(46)36(35(47)33(31)45)51-49-21-23-17-28(41(7,8)9)38(53)29(18-23)42(10,11)12/h13-21H,1-12H3. The smallest absolute Gasteiger partial charge is 0.186 e. The Morgan fingerprint density at radius 3 is 1.21 bits per heavy atom. The van der Waals surface area contributed by atoms with Crippen LogP contribution in [0.2, 0.25) is 25.1 Å². The molecule has 0 saturated heterocycles. The number of hydrogen-bond acceptors (Lipinski definition) is 6. The molecule has 2 aromatic carbocycles. The Morgan fingerprint density at radius 2 is 0.868 bits per heavy atom. The van der Waals surface area contributed by atoms with Crippen LogP contribution in [-0.4, -0.2) is 11.6 Å². The van der Waals surface area contributed by atoms with E-state index in [9.17, 15) is 9.59 Å². The molecule has 0 spiro atoms. The number of Topliss-reactive ketones (excluding diaryl/α,β-unsaturated/α-hetero) is 2. The molecule has 53 heavy (non-hydrogen) atoms.